The van der Waals surface area contributed by atoms with Gasteiger partial charge >= 0.3 is 13.1 Å². The Morgan fingerprint density at radius 3 is 2.59 bits per heavy atom. The number of carbonyl (C=O) groups excluding carboxylic acids is 1. The lowest BCUT2D eigenvalue weighted by molar-refractivity contribution is -0.137. The van der Waals surface area contributed by atoms with Crippen molar-refractivity contribution in [3.8, 4) is 0 Å². The Morgan fingerprint density at radius 2 is 1.83 bits per heavy atom. The second-order valence-corrected chi connectivity index (χ2v) is 7.02. The maximum Gasteiger partial charge on any atom is 0.417 e. The molecule has 0 saturated heterocycles. The lowest BCUT2D eigenvalue weighted by Gasteiger charge is -2.14. The first-order chi connectivity index (χ1) is 13.8. The van der Waals surface area contributed by atoms with E-state index < -0.39 is 23.2 Å². The lowest BCUT2D eigenvalue weighted by Crippen LogP contribution is -2.41. The van der Waals surface area contributed by atoms with Gasteiger partial charge in [0.1, 0.15) is 0 Å². The van der Waals surface area contributed by atoms with Gasteiger partial charge in [0.05, 0.1) is 17.7 Å². The quantitative estimate of drug-likeness (QED) is 0.684. The summed E-state index contributed by atoms with van der Waals surface area (Å²) in [6.45, 7) is 2.16. The van der Waals surface area contributed by atoms with E-state index in [1.165, 1.54) is 18.2 Å². The summed E-state index contributed by atoms with van der Waals surface area (Å²) in [6, 6.07) is 18.0. The number of hydrogen-bond donors (Lipinski definition) is 1. The minimum Gasteiger partial charge on any atom is -0.423 e. The number of carbonyl (C=O) groups is 1. The van der Waals surface area contributed by atoms with E-state index in [0.717, 1.165) is 28.1 Å². The molecular formula is C22H17BF3NO2. The highest BCUT2D eigenvalue weighted by atomic mass is 19.4. The number of anilines is 1. The summed E-state index contributed by atoms with van der Waals surface area (Å²) in [4.78, 5) is 12.5. The normalized spacial score (nSPS) is 13.3. The van der Waals surface area contributed by atoms with Crippen LogP contribution in [0.3, 0.4) is 0 Å². The van der Waals surface area contributed by atoms with Gasteiger partial charge in [0, 0.05) is 5.69 Å². The molecule has 0 fully saturated rings. The highest BCUT2D eigenvalue weighted by Crippen LogP contribution is 2.32. The molecule has 1 aliphatic heterocycles. The molecule has 0 radical (unpaired) electrons. The first-order valence-corrected chi connectivity index (χ1v) is 9.11. The highest BCUT2D eigenvalue weighted by Gasteiger charge is 2.35. The first-order valence-electron chi connectivity index (χ1n) is 9.11. The summed E-state index contributed by atoms with van der Waals surface area (Å²) < 4.78 is 45.5. The summed E-state index contributed by atoms with van der Waals surface area (Å²) in [5.74, 6) is -0.802. The molecule has 7 heteroatoms. The average Bonchev–Trinajstić information content (AvgIpc) is 3.10. The molecule has 0 unspecified atom stereocenters. The number of alkyl halides is 3. The maximum absolute atomic E-state index is 13.2. The van der Waals surface area contributed by atoms with Crippen molar-refractivity contribution >= 4 is 29.4 Å². The molecule has 1 aliphatic rings. The Kier molecular flexibility index (Phi) is 4.92. The molecule has 4 rings (SSSR count). The highest BCUT2D eigenvalue weighted by molar-refractivity contribution is 6.81. The van der Waals surface area contributed by atoms with Gasteiger partial charge in [0.25, 0.3) is 5.91 Å². The van der Waals surface area contributed by atoms with Crippen LogP contribution in [0.1, 0.15) is 27.0 Å². The lowest BCUT2D eigenvalue weighted by atomic mass is 9.55. The van der Waals surface area contributed by atoms with Crippen molar-refractivity contribution < 1.29 is 22.6 Å². The molecule has 0 bridgehead atoms. The van der Waals surface area contributed by atoms with Crippen LogP contribution in [0.5, 0.6) is 0 Å². The number of benzene rings is 3. The second-order valence-electron chi connectivity index (χ2n) is 7.02. The molecule has 3 nitrogen and oxygen atoms in total. The van der Waals surface area contributed by atoms with E-state index in [1.807, 2.05) is 37.3 Å². The SMILES string of the molecule is Cc1cccc(B2OCc3ccc(NC(=O)c4ccccc4C(F)(F)F)cc32)c1. The molecular weight excluding hydrogens is 378 g/mol. The summed E-state index contributed by atoms with van der Waals surface area (Å²) in [6.07, 6.45) is -4.60. The third-order valence-corrected chi connectivity index (χ3v) is 4.91. The van der Waals surface area contributed by atoms with Crippen LogP contribution in [0.15, 0.2) is 66.7 Å². The van der Waals surface area contributed by atoms with E-state index in [4.69, 9.17) is 4.65 Å². The Morgan fingerprint density at radius 1 is 1.03 bits per heavy atom. The van der Waals surface area contributed by atoms with Crippen LogP contribution < -0.4 is 16.2 Å². The van der Waals surface area contributed by atoms with Crippen molar-refractivity contribution in [2.45, 2.75) is 19.7 Å². The number of fused-ring (bicyclic) bond motifs is 1. The molecule has 3 aromatic rings. The minimum absolute atomic E-state index is 0.274. The van der Waals surface area contributed by atoms with Crippen LogP contribution in [0.2, 0.25) is 0 Å². The molecule has 1 heterocycles. The predicted octanol–water partition coefficient (Wildman–Crippen LogP) is 3.90. The molecule has 1 N–H and O–H groups in total. The number of aryl methyl sites for hydroxylation is 1. The van der Waals surface area contributed by atoms with Gasteiger partial charge in [-0.2, -0.15) is 13.2 Å². The van der Waals surface area contributed by atoms with Crippen LogP contribution in [0.4, 0.5) is 18.9 Å². The van der Waals surface area contributed by atoms with Gasteiger partial charge in [-0.25, -0.2) is 0 Å². The molecule has 29 heavy (non-hydrogen) atoms. The summed E-state index contributed by atoms with van der Waals surface area (Å²) in [5.41, 5.74) is 3.05. The maximum atomic E-state index is 13.2. The van der Waals surface area contributed by atoms with Crippen molar-refractivity contribution in [2.75, 3.05) is 5.32 Å². The predicted molar refractivity (Wildman–Crippen MR) is 107 cm³/mol. The van der Waals surface area contributed by atoms with Gasteiger partial charge in [-0.3, -0.25) is 4.79 Å². The summed E-state index contributed by atoms with van der Waals surface area (Å²) in [7, 11) is 0. The van der Waals surface area contributed by atoms with Gasteiger partial charge in [0.2, 0.25) is 0 Å². The monoisotopic (exact) mass is 395 g/mol. The topological polar surface area (TPSA) is 38.3 Å². The molecule has 0 aromatic heterocycles. The van der Waals surface area contributed by atoms with E-state index in [9.17, 15) is 18.0 Å². The second kappa shape index (κ2) is 7.41. The van der Waals surface area contributed by atoms with E-state index in [-0.39, 0.29) is 6.92 Å². The number of amides is 1. The van der Waals surface area contributed by atoms with Crippen molar-refractivity contribution in [2.24, 2.45) is 0 Å². The number of hydrogen-bond acceptors (Lipinski definition) is 2. The Bertz CT molecular complexity index is 1080. The van der Waals surface area contributed by atoms with Crippen LogP contribution in [0.25, 0.3) is 0 Å². The molecule has 3 aromatic carbocycles. The number of halogens is 3. The van der Waals surface area contributed by atoms with Gasteiger partial charge in [-0.05, 0) is 47.7 Å². The smallest absolute Gasteiger partial charge is 0.417 e. The minimum atomic E-state index is -4.60. The van der Waals surface area contributed by atoms with Gasteiger partial charge in [-0.15, -0.1) is 0 Å². The fourth-order valence-corrected chi connectivity index (χ4v) is 3.55. The number of rotatable bonds is 3. The summed E-state index contributed by atoms with van der Waals surface area (Å²) in [5, 5.41) is 2.59. The molecule has 146 valence electrons. The van der Waals surface area contributed by atoms with Gasteiger partial charge in [-0.1, -0.05) is 48.0 Å². The van der Waals surface area contributed by atoms with E-state index in [1.54, 1.807) is 12.1 Å². The van der Waals surface area contributed by atoms with Crippen molar-refractivity contribution in [3.05, 3.63) is 89.0 Å². The Hall–Kier alpha value is -3.06. The molecule has 0 spiro atoms. The van der Waals surface area contributed by atoms with Crippen LogP contribution in [0, 0.1) is 6.92 Å². The molecule has 0 atom stereocenters. The fraction of sp³-hybridized carbons (Fsp3) is 0.136. The van der Waals surface area contributed by atoms with Gasteiger partial charge < -0.3 is 9.97 Å². The summed E-state index contributed by atoms with van der Waals surface area (Å²) >= 11 is 0. The molecule has 0 aliphatic carbocycles. The Balaban J connectivity index is 1.62. The molecule has 1 amide bonds. The van der Waals surface area contributed by atoms with Crippen molar-refractivity contribution in [1.29, 1.82) is 0 Å². The zero-order chi connectivity index (χ0) is 20.6. The Labute approximate surface area is 166 Å². The van der Waals surface area contributed by atoms with E-state index in [2.05, 4.69) is 5.32 Å². The first kappa shape index (κ1) is 19.3. The van der Waals surface area contributed by atoms with Crippen LogP contribution in [-0.4, -0.2) is 12.8 Å². The fourth-order valence-electron chi connectivity index (χ4n) is 3.55. The number of nitrogens with one attached hydrogen (secondary N) is 1. The third kappa shape index (κ3) is 3.91. The largest absolute Gasteiger partial charge is 0.423 e. The average molecular weight is 395 g/mol. The van der Waals surface area contributed by atoms with Crippen LogP contribution >= 0.6 is 0 Å². The molecule has 0 saturated carbocycles. The standard InChI is InChI=1S/C22H17BF3NO2/c1-14-5-4-6-16(11-14)23-20-12-17(10-9-15(20)13-29-23)27-21(28)18-7-2-3-8-19(18)22(24,25)26/h2-12H,13H2,1H3,(H,27,28). The van der Waals surface area contributed by atoms with Crippen LogP contribution in [-0.2, 0) is 17.4 Å². The third-order valence-electron chi connectivity index (χ3n) is 4.91. The zero-order valence-corrected chi connectivity index (χ0v) is 15.6. The van der Waals surface area contributed by atoms with E-state index in [0.29, 0.717) is 12.3 Å². The van der Waals surface area contributed by atoms with Gasteiger partial charge in [0.15, 0.2) is 0 Å². The van der Waals surface area contributed by atoms with Crippen molar-refractivity contribution in [1.82, 2.24) is 0 Å². The zero-order valence-electron chi connectivity index (χ0n) is 15.6. The van der Waals surface area contributed by atoms with Crippen molar-refractivity contribution in [3.63, 3.8) is 0 Å². The van der Waals surface area contributed by atoms with E-state index >= 15 is 0 Å².